The Kier molecular flexibility index (Phi) is 4.01. The van der Waals surface area contributed by atoms with Crippen LogP contribution in [0.5, 0.6) is 0 Å². The highest BCUT2D eigenvalue weighted by Gasteiger charge is 2.15. The fraction of sp³-hybridized carbons (Fsp3) is 0.368. The van der Waals surface area contributed by atoms with Crippen molar-refractivity contribution in [3.05, 3.63) is 70.3 Å². The first-order chi connectivity index (χ1) is 9.27. The van der Waals surface area contributed by atoms with Crippen LogP contribution in [-0.2, 0) is 5.41 Å². The van der Waals surface area contributed by atoms with Gasteiger partial charge in [-0.05, 0) is 36.0 Å². The first-order valence-corrected chi connectivity index (χ1v) is 7.21. The van der Waals surface area contributed by atoms with Gasteiger partial charge in [0.05, 0.1) is 6.04 Å². The molecule has 1 heteroatoms. The smallest absolute Gasteiger partial charge is 0.0551 e. The van der Waals surface area contributed by atoms with Crippen LogP contribution < -0.4 is 5.73 Å². The summed E-state index contributed by atoms with van der Waals surface area (Å²) < 4.78 is 0. The molecule has 0 radical (unpaired) electrons. The number of rotatable bonds is 2. The summed E-state index contributed by atoms with van der Waals surface area (Å²) >= 11 is 0. The molecular formula is C19H25N. The van der Waals surface area contributed by atoms with Crippen LogP contribution in [0.25, 0.3) is 0 Å². The lowest BCUT2D eigenvalue weighted by molar-refractivity contribution is 0.589. The molecule has 2 aromatic rings. The minimum Gasteiger partial charge on any atom is -0.320 e. The Morgan fingerprint density at radius 1 is 0.800 bits per heavy atom. The Hall–Kier alpha value is -1.60. The van der Waals surface area contributed by atoms with E-state index < -0.39 is 0 Å². The lowest BCUT2D eigenvalue weighted by Gasteiger charge is -2.20. The second kappa shape index (κ2) is 5.41. The highest BCUT2D eigenvalue weighted by molar-refractivity contribution is 5.38. The molecule has 0 heterocycles. The van der Waals surface area contributed by atoms with Crippen LogP contribution in [0, 0.1) is 13.8 Å². The number of hydrogen-bond donors (Lipinski definition) is 1. The van der Waals surface area contributed by atoms with Crippen molar-refractivity contribution in [1.29, 1.82) is 0 Å². The molecular weight excluding hydrogens is 242 g/mol. The highest BCUT2D eigenvalue weighted by atomic mass is 14.6. The van der Waals surface area contributed by atoms with Crippen LogP contribution in [-0.4, -0.2) is 0 Å². The highest BCUT2D eigenvalue weighted by Crippen LogP contribution is 2.26. The van der Waals surface area contributed by atoms with Gasteiger partial charge in [0.25, 0.3) is 0 Å². The van der Waals surface area contributed by atoms with E-state index in [0.717, 1.165) is 0 Å². The summed E-state index contributed by atoms with van der Waals surface area (Å²) in [7, 11) is 0. The number of aryl methyl sites for hydroxylation is 2. The van der Waals surface area contributed by atoms with E-state index in [1.807, 2.05) is 0 Å². The van der Waals surface area contributed by atoms with Gasteiger partial charge in [-0.25, -0.2) is 0 Å². The first kappa shape index (κ1) is 14.8. The van der Waals surface area contributed by atoms with Crippen molar-refractivity contribution in [2.75, 3.05) is 0 Å². The third-order valence-corrected chi connectivity index (χ3v) is 3.74. The zero-order valence-corrected chi connectivity index (χ0v) is 13.2. The molecule has 0 spiro atoms. The summed E-state index contributed by atoms with van der Waals surface area (Å²) in [6.07, 6.45) is 0. The molecule has 0 aliphatic rings. The standard InChI is InChI=1S/C19H25N/c1-13-10-14(2)12-16(11-13)18(20)15-6-8-17(9-7-15)19(3,4)5/h6-12,18H,20H2,1-5H3. The van der Waals surface area contributed by atoms with E-state index in [9.17, 15) is 0 Å². The second-order valence-corrected chi connectivity index (χ2v) is 6.77. The summed E-state index contributed by atoms with van der Waals surface area (Å²) in [5.74, 6) is 0. The lowest BCUT2D eigenvalue weighted by atomic mass is 9.85. The Bertz CT molecular complexity index is 568. The Balaban J connectivity index is 2.31. The monoisotopic (exact) mass is 267 g/mol. The maximum atomic E-state index is 6.41. The summed E-state index contributed by atoms with van der Waals surface area (Å²) in [4.78, 5) is 0. The van der Waals surface area contributed by atoms with E-state index in [-0.39, 0.29) is 11.5 Å². The fourth-order valence-electron chi connectivity index (χ4n) is 2.57. The number of nitrogens with two attached hydrogens (primary N) is 1. The van der Waals surface area contributed by atoms with E-state index >= 15 is 0 Å². The summed E-state index contributed by atoms with van der Waals surface area (Å²) in [5, 5.41) is 0. The Morgan fingerprint density at radius 3 is 1.75 bits per heavy atom. The minimum atomic E-state index is -0.0531. The third-order valence-electron chi connectivity index (χ3n) is 3.74. The molecule has 1 unspecified atom stereocenters. The van der Waals surface area contributed by atoms with Crippen molar-refractivity contribution >= 4 is 0 Å². The van der Waals surface area contributed by atoms with Crippen molar-refractivity contribution in [2.24, 2.45) is 5.73 Å². The molecule has 0 aliphatic carbocycles. The van der Waals surface area contributed by atoms with Gasteiger partial charge < -0.3 is 5.73 Å². The van der Waals surface area contributed by atoms with Crippen LogP contribution in [0.1, 0.15) is 54.6 Å². The zero-order valence-electron chi connectivity index (χ0n) is 13.2. The SMILES string of the molecule is Cc1cc(C)cc(C(N)c2ccc(C(C)(C)C)cc2)c1. The van der Waals surface area contributed by atoms with Crippen molar-refractivity contribution in [1.82, 2.24) is 0 Å². The van der Waals surface area contributed by atoms with Crippen LogP contribution in [0.15, 0.2) is 42.5 Å². The Morgan fingerprint density at radius 2 is 1.30 bits per heavy atom. The van der Waals surface area contributed by atoms with Crippen molar-refractivity contribution in [3.63, 3.8) is 0 Å². The van der Waals surface area contributed by atoms with Gasteiger partial charge in [-0.2, -0.15) is 0 Å². The normalized spacial score (nSPS) is 13.3. The van der Waals surface area contributed by atoms with Crippen LogP contribution in [0.4, 0.5) is 0 Å². The van der Waals surface area contributed by atoms with E-state index in [4.69, 9.17) is 5.73 Å². The molecule has 0 bridgehead atoms. The summed E-state index contributed by atoms with van der Waals surface area (Å²) in [5.41, 5.74) is 12.8. The van der Waals surface area contributed by atoms with E-state index in [1.54, 1.807) is 0 Å². The quantitative estimate of drug-likeness (QED) is 0.842. The maximum absolute atomic E-state index is 6.41. The molecule has 0 amide bonds. The van der Waals surface area contributed by atoms with Gasteiger partial charge in [-0.3, -0.25) is 0 Å². The average Bonchev–Trinajstić information content (AvgIpc) is 2.36. The molecule has 20 heavy (non-hydrogen) atoms. The zero-order chi connectivity index (χ0) is 14.9. The molecule has 106 valence electrons. The van der Waals surface area contributed by atoms with E-state index in [1.165, 1.54) is 27.8 Å². The first-order valence-electron chi connectivity index (χ1n) is 7.21. The molecule has 0 saturated heterocycles. The van der Waals surface area contributed by atoms with Crippen molar-refractivity contribution in [3.8, 4) is 0 Å². The molecule has 0 aliphatic heterocycles. The number of hydrogen-bond acceptors (Lipinski definition) is 1. The van der Waals surface area contributed by atoms with E-state index in [2.05, 4.69) is 77.1 Å². The van der Waals surface area contributed by atoms with Gasteiger partial charge in [-0.15, -0.1) is 0 Å². The maximum Gasteiger partial charge on any atom is 0.0551 e. The third kappa shape index (κ3) is 3.29. The van der Waals surface area contributed by atoms with Gasteiger partial charge in [0.1, 0.15) is 0 Å². The predicted octanol–water partition coefficient (Wildman–Crippen LogP) is 4.65. The van der Waals surface area contributed by atoms with Crippen LogP contribution >= 0.6 is 0 Å². The lowest BCUT2D eigenvalue weighted by Crippen LogP contribution is -2.14. The second-order valence-electron chi connectivity index (χ2n) is 6.77. The van der Waals surface area contributed by atoms with Crippen LogP contribution in [0.3, 0.4) is 0 Å². The van der Waals surface area contributed by atoms with Crippen LogP contribution in [0.2, 0.25) is 0 Å². The molecule has 2 N–H and O–H groups in total. The fourth-order valence-corrected chi connectivity index (χ4v) is 2.57. The summed E-state index contributed by atoms with van der Waals surface area (Å²) in [6.45, 7) is 10.9. The molecule has 0 aromatic heterocycles. The van der Waals surface area contributed by atoms with Gasteiger partial charge in [0, 0.05) is 0 Å². The Labute approximate surface area is 122 Å². The van der Waals surface area contributed by atoms with E-state index in [0.29, 0.717) is 0 Å². The summed E-state index contributed by atoms with van der Waals surface area (Å²) in [6, 6.07) is 15.2. The minimum absolute atomic E-state index is 0.0531. The van der Waals surface area contributed by atoms with Crippen molar-refractivity contribution < 1.29 is 0 Å². The molecule has 2 aromatic carbocycles. The molecule has 0 saturated carbocycles. The average molecular weight is 267 g/mol. The predicted molar refractivity (Wildman–Crippen MR) is 87.1 cm³/mol. The van der Waals surface area contributed by atoms with Gasteiger partial charge in [0.2, 0.25) is 0 Å². The topological polar surface area (TPSA) is 26.0 Å². The molecule has 0 fully saturated rings. The number of benzene rings is 2. The largest absolute Gasteiger partial charge is 0.320 e. The van der Waals surface area contributed by atoms with Gasteiger partial charge in [-0.1, -0.05) is 74.4 Å². The van der Waals surface area contributed by atoms with Gasteiger partial charge in [0.15, 0.2) is 0 Å². The molecule has 2 rings (SSSR count). The molecule has 1 nitrogen and oxygen atoms in total. The molecule has 1 atom stereocenters. The van der Waals surface area contributed by atoms with Gasteiger partial charge >= 0.3 is 0 Å². The van der Waals surface area contributed by atoms with Crippen molar-refractivity contribution in [2.45, 2.75) is 46.1 Å².